The molecule has 0 saturated heterocycles. The van der Waals surface area contributed by atoms with Gasteiger partial charge >= 0.3 is 0 Å². The lowest BCUT2D eigenvalue weighted by Crippen LogP contribution is -2.23. The van der Waals surface area contributed by atoms with Crippen LogP contribution in [-0.2, 0) is 14.8 Å². The molecule has 0 atom stereocenters. The Balaban J connectivity index is 2.17. The molecule has 0 aliphatic rings. The predicted molar refractivity (Wildman–Crippen MR) is 97.4 cm³/mol. The van der Waals surface area contributed by atoms with Crippen LogP contribution in [0.2, 0.25) is 0 Å². The van der Waals surface area contributed by atoms with Crippen molar-refractivity contribution in [2.24, 2.45) is 5.14 Å². The van der Waals surface area contributed by atoms with E-state index in [0.29, 0.717) is 17.1 Å². The van der Waals surface area contributed by atoms with Crippen molar-refractivity contribution in [3.05, 3.63) is 48.0 Å². The highest BCUT2D eigenvalue weighted by Crippen LogP contribution is 2.27. The number of nitrogens with two attached hydrogens (primary N) is 1. The number of benzene rings is 2. The molecule has 0 aromatic heterocycles. The van der Waals surface area contributed by atoms with Crippen LogP contribution in [0, 0.1) is 6.92 Å². The van der Waals surface area contributed by atoms with Gasteiger partial charge < -0.3 is 15.0 Å². The number of sulfonamides is 1. The van der Waals surface area contributed by atoms with Crippen molar-refractivity contribution < 1.29 is 17.9 Å². The van der Waals surface area contributed by atoms with Crippen LogP contribution in [-0.4, -0.2) is 35.0 Å². The Morgan fingerprint density at radius 2 is 1.88 bits per heavy atom. The predicted octanol–water partition coefficient (Wildman–Crippen LogP) is 1.73. The quantitative estimate of drug-likeness (QED) is 0.814. The van der Waals surface area contributed by atoms with Gasteiger partial charge in [0, 0.05) is 14.1 Å². The zero-order valence-corrected chi connectivity index (χ0v) is 15.1. The van der Waals surface area contributed by atoms with Crippen LogP contribution in [0.25, 0.3) is 0 Å². The number of hydrogen-bond acceptors (Lipinski definition) is 5. The first-order valence-electron chi connectivity index (χ1n) is 7.51. The molecule has 3 N–H and O–H groups in total. The van der Waals surface area contributed by atoms with E-state index in [-0.39, 0.29) is 11.5 Å². The van der Waals surface area contributed by atoms with E-state index in [1.807, 2.05) is 25.1 Å². The fourth-order valence-corrected chi connectivity index (χ4v) is 2.77. The average molecular weight is 363 g/mol. The maximum absolute atomic E-state index is 12.2. The highest BCUT2D eigenvalue weighted by molar-refractivity contribution is 7.89. The van der Waals surface area contributed by atoms with Crippen molar-refractivity contribution >= 4 is 27.3 Å². The minimum absolute atomic E-state index is 0.0757. The highest BCUT2D eigenvalue weighted by atomic mass is 32.2. The summed E-state index contributed by atoms with van der Waals surface area (Å²) in [6.07, 6.45) is 0. The van der Waals surface area contributed by atoms with E-state index in [0.717, 1.165) is 5.56 Å². The maximum Gasteiger partial charge on any atom is 0.262 e. The molecule has 0 spiro atoms. The van der Waals surface area contributed by atoms with Crippen LogP contribution >= 0.6 is 0 Å². The van der Waals surface area contributed by atoms with Gasteiger partial charge in [0.2, 0.25) is 10.0 Å². The van der Waals surface area contributed by atoms with Gasteiger partial charge in [-0.1, -0.05) is 18.2 Å². The molecule has 0 fully saturated rings. The second-order valence-corrected chi connectivity index (χ2v) is 7.28. The van der Waals surface area contributed by atoms with Gasteiger partial charge in [-0.2, -0.15) is 0 Å². The SMILES string of the molecule is Cc1ccccc1OCC(=O)Nc1cc(S(N)(=O)=O)ccc1N(C)C. The summed E-state index contributed by atoms with van der Waals surface area (Å²) in [6.45, 7) is 1.68. The zero-order chi connectivity index (χ0) is 18.6. The molecule has 0 unspecified atom stereocenters. The van der Waals surface area contributed by atoms with Crippen molar-refractivity contribution in [3.8, 4) is 5.75 Å². The Bertz CT molecular complexity index is 879. The molecule has 1 amide bonds. The van der Waals surface area contributed by atoms with E-state index in [4.69, 9.17) is 9.88 Å². The third-order valence-electron chi connectivity index (χ3n) is 3.50. The number of rotatable bonds is 6. The van der Waals surface area contributed by atoms with Crippen molar-refractivity contribution in [3.63, 3.8) is 0 Å². The topological polar surface area (TPSA) is 102 Å². The lowest BCUT2D eigenvalue weighted by molar-refractivity contribution is -0.118. The molecule has 134 valence electrons. The van der Waals surface area contributed by atoms with Gasteiger partial charge in [0.15, 0.2) is 6.61 Å². The van der Waals surface area contributed by atoms with E-state index in [2.05, 4.69) is 5.32 Å². The normalized spacial score (nSPS) is 11.0. The number of nitrogens with zero attached hydrogens (tertiary/aromatic N) is 1. The molecule has 7 nitrogen and oxygen atoms in total. The summed E-state index contributed by atoms with van der Waals surface area (Å²) in [5.74, 6) is 0.210. The molecule has 0 aliphatic heterocycles. The van der Waals surface area contributed by atoms with Crippen LogP contribution in [0.1, 0.15) is 5.56 Å². The number of ether oxygens (including phenoxy) is 1. The summed E-state index contributed by atoms with van der Waals surface area (Å²) in [7, 11) is -0.299. The number of hydrogen-bond donors (Lipinski definition) is 2. The van der Waals surface area contributed by atoms with Crippen molar-refractivity contribution in [2.45, 2.75) is 11.8 Å². The Kier molecular flexibility index (Phi) is 5.66. The van der Waals surface area contributed by atoms with Crippen LogP contribution in [0.3, 0.4) is 0 Å². The Morgan fingerprint density at radius 1 is 1.20 bits per heavy atom. The number of amides is 1. The number of anilines is 2. The molecule has 0 bridgehead atoms. The van der Waals surface area contributed by atoms with Crippen molar-refractivity contribution in [2.75, 3.05) is 30.9 Å². The Labute approximate surface area is 147 Å². The monoisotopic (exact) mass is 363 g/mol. The van der Waals surface area contributed by atoms with Gasteiger partial charge in [-0.05, 0) is 36.8 Å². The summed E-state index contributed by atoms with van der Waals surface area (Å²) in [6, 6.07) is 11.7. The highest BCUT2D eigenvalue weighted by Gasteiger charge is 2.15. The molecule has 2 aromatic rings. The number of nitrogens with one attached hydrogen (secondary N) is 1. The molecule has 0 heterocycles. The minimum Gasteiger partial charge on any atom is -0.483 e. The standard InChI is InChI=1S/C17H21N3O4S/c1-12-6-4-5-7-16(12)24-11-17(21)19-14-10-13(25(18,22)23)8-9-15(14)20(2)3/h4-10H,11H2,1-3H3,(H,19,21)(H2,18,22,23). The lowest BCUT2D eigenvalue weighted by atomic mass is 10.2. The molecule has 2 aromatic carbocycles. The average Bonchev–Trinajstić information content (AvgIpc) is 2.53. The number of para-hydroxylation sites is 1. The van der Waals surface area contributed by atoms with Gasteiger partial charge in [-0.15, -0.1) is 0 Å². The molecular weight excluding hydrogens is 342 g/mol. The van der Waals surface area contributed by atoms with Gasteiger partial charge in [0.25, 0.3) is 5.91 Å². The van der Waals surface area contributed by atoms with Crippen LogP contribution in [0.5, 0.6) is 5.75 Å². The smallest absolute Gasteiger partial charge is 0.262 e. The molecule has 0 saturated carbocycles. The van der Waals surface area contributed by atoms with Crippen LogP contribution in [0.15, 0.2) is 47.4 Å². The first-order valence-corrected chi connectivity index (χ1v) is 9.05. The lowest BCUT2D eigenvalue weighted by Gasteiger charge is -2.19. The van der Waals surface area contributed by atoms with Crippen LogP contribution < -0.4 is 20.1 Å². The van der Waals surface area contributed by atoms with Crippen molar-refractivity contribution in [1.82, 2.24) is 0 Å². The zero-order valence-electron chi connectivity index (χ0n) is 14.3. The third kappa shape index (κ3) is 4.94. The summed E-state index contributed by atoms with van der Waals surface area (Å²) >= 11 is 0. The largest absolute Gasteiger partial charge is 0.483 e. The molecular formula is C17H21N3O4S. The van der Waals surface area contributed by atoms with E-state index in [1.165, 1.54) is 12.1 Å². The van der Waals surface area contributed by atoms with Gasteiger partial charge in [0.05, 0.1) is 16.3 Å². The second-order valence-electron chi connectivity index (χ2n) is 5.72. The maximum atomic E-state index is 12.2. The third-order valence-corrected chi connectivity index (χ3v) is 4.42. The van der Waals surface area contributed by atoms with Gasteiger partial charge in [0.1, 0.15) is 5.75 Å². The summed E-state index contributed by atoms with van der Waals surface area (Å²) < 4.78 is 28.6. The Hall–Kier alpha value is -2.58. The fourth-order valence-electron chi connectivity index (χ4n) is 2.23. The first-order chi connectivity index (χ1) is 11.7. The van der Waals surface area contributed by atoms with E-state index < -0.39 is 15.9 Å². The number of carbonyl (C=O) groups excluding carboxylic acids is 1. The fraction of sp³-hybridized carbons (Fsp3) is 0.235. The van der Waals surface area contributed by atoms with Gasteiger partial charge in [-0.3, -0.25) is 4.79 Å². The van der Waals surface area contributed by atoms with Gasteiger partial charge in [-0.25, -0.2) is 13.6 Å². The van der Waals surface area contributed by atoms with E-state index in [1.54, 1.807) is 31.1 Å². The van der Waals surface area contributed by atoms with Crippen LogP contribution in [0.4, 0.5) is 11.4 Å². The summed E-state index contributed by atoms with van der Waals surface area (Å²) in [5.41, 5.74) is 1.91. The summed E-state index contributed by atoms with van der Waals surface area (Å²) in [4.78, 5) is 13.9. The summed E-state index contributed by atoms with van der Waals surface area (Å²) in [5, 5.41) is 7.82. The molecule has 2 rings (SSSR count). The first kappa shape index (κ1) is 18.8. The molecule has 8 heteroatoms. The minimum atomic E-state index is -3.87. The Morgan fingerprint density at radius 3 is 2.48 bits per heavy atom. The van der Waals surface area contributed by atoms with E-state index >= 15 is 0 Å². The number of primary sulfonamides is 1. The number of aryl methyl sites for hydroxylation is 1. The number of carbonyl (C=O) groups is 1. The molecule has 0 radical (unpaired) electrons. The molecule has 0 aliphatic carbocycles. The second kappa shape index (κ2) is 7.54. The molecule has 25 heavy (non-hydrogen) atoms. The van der Waals surface area contributed by atoms with Crippen molar-refractivity contribution in [1.29, 1.82) is 0 Å². The van der Waals surface area contributed by atoms with E-state index in [9.17, 15) is 13.2 Å².